The van der Waals surface area contributed by atoms with Crippen LogP contribution in [0.5, 0.6) is 0 Å². The highest BCUT2D eigenvalue weighted by Crippen LogP contribution is 2.07. The van der Waals surface area contributed by atoms with Crippen molar-refractivity contribution in [3.63, 3.8) is 0 Å². The molecule has 0 aromatic carbocycles. The molecule has 12 heavy (non-hydrogen) atoms. The minimum Gasteiger partial charge on any atom is -0.0988 e. The molecule has 0 nitrogen and oxygen atoms in total. The van der Waals surface area contributed by atoms with Crippen molar-refractivity contribution in [3.8, 4) is 0 Å². The smallest absolute Gasteiger partial charge is 0.00951 e. The molecule has 0 aliphatic rings. The van der Waals surface area contributed by atoms with Crippen LogP contribution in [-0.4, -0.2) is 0 Å². The van der Waals surface area contributed by atoms with Crippen LogP contribution < -0.4 is 0 Å². The van der Waals surface area contributed by atoms with Gasteiger partial charge >= 0.3 is 0 Å². The molecule has 0 aromatic heterocycles. The van der Waals surface area contributed by atoms with Crippen molar-refractivity contribution in [2.75, 3.05) is 0 Å². The normalized spacial score (nSPS) is 13.9. The van der Waals surface area contributed by atoms with Gasteiger partial charge in [-0.2, -0.15) is 0 Å². The third-order valence-corrected chi connectivity index (χ3v) is 1.73. The lowest BCUT2D eigenvalue weighted by Crippen LogP contribution is -1.75. The van der Waals surface area contributed by atoms with Gasteiger partial charge < -0.3 is 0 Å². The zero-order valence-corrected chi connectivity index (χ0v) is 8.30. The van der Waals surface area contributed by atoms with E-state index in [0.717, 1.165) is 6.42 Å². The first-order chi connectivity index (χ1) is 5.74. The monoisotopic (exact) mass is 162 g/mol. The van der Waals surface area contributed by atoms with E-state index in [-0.39, 0.29) is 0 Å². The standard InChI is InChI=1S/C12H18/c1-5-8-12(7-3)10-9-11(4)6-2/h5-9H,2,10H2,1,3-4H3/b8-5-,11-9+,12-7+. The Morgan fingerprint density at radius 1 is 1.33 bits per heavy atom. The zero-order valence-electron chi connectivity index (χ0n) is 8.30. The van der Waals surface area contributed by atoms with Crippen LogP contribution in [0.3, 0.4) is 0 Å². The summed E-state index contributed by atoms with van der Waals surface area (Å²) >= 11 is 0. The molecular weight excluding hydrogens is 144 g/mol. The Bertz CT molecular complexity index is 214. The van der Waals surface area contributed by atoms with E-state index < -0.39 is 0 Å². The summed E-state index contributed by atoms with van der Waals surface area (Å²) in [5.74, 6) is 0. The highest BCUT2D eigenvalue weighted by molar-refractivity contribution is 5.23. The fraction of sp³-hybridized carbons (Fsp3) is 0.333. The third-order valence-electron chi connectivity index (χ3n) is 1.73. The molecule has 0 aliphatic carbocycles. The Kier molecular flexibility index (Phi) is 6.08. The predicted molar refractivity (Wildman–Crippen MR) is 57.1 cm³/mol. The van der Waals surface area contributed by atoms with Crippen LogP contribution in [0.15, 0.2) is 48.1 Å². The summed E-state index contributed by atoms with van der Waals surface area (Å²) in [7, 11) is 0. The summed E-state index contributed by atoms with van der Waals surface area (Å²) in [6.07, 6.45) is 11.4. The first-order valence-electron chi connectivity index (χ1n) is 4.31. The van der Waals surface area contributed by atoms with Crippen LogP contribution in [-0.2, 0) is 0 Å². The van der Waals surface area contributed by atoms with Gasteiger partial charge in [-0.3, -0.25) is 0 Å². The second kappa shape index (κ2) is 6.66. The van der Waals surface area contributed by atoms with E-state index in [2.05, 4.69) is 44.7 Å². The van der Waals surface area contributed by atoms with Crippen molar-refractivity contribution in [2.24, 2.45) is 0 Å². The minimum absolute atomic E-state index is 0.999. The van der Waals surface area contributed by atoms with Crippen LogP contribution in [0, 0.1) is 0 Å². The quantitative estimate of drug-likeness (QED) is 0.547. The molecular formula is C12H18. The molecule has 0 heteroatoms. The van der Waals surface area contributed by atoms with Gasteiger partial charge in [-0.15, -0.1) is 0 Å². The molecule has 0 aromatic rings. The lowest BCUT2D eigenvalue weighted by molar-refractivity contribution is 1.24. The Morgan fingerprint density at radius 2 is 2.00 bits per heavy atom. The van der Waals surface area contributed by atoms with Gasteiger partial charge in [0, 0.05) is 0 Å². The number of hydrogen-bond acceptors (Lipinski definition) is 0. The fourth-order valence-corrected chi connectivity index (χ4v) is 0.858. The summed E-state index contributed by atoms with van der Waals surface area (Å²) in [4.78, 5) is 0. The number of allylic oxidation sites excluding steroid dienone is 7. The minimum atomic E-state index is 0.999. The molecule has 0 amide bonds. The second-order valence-electron chi connectivity index (χ2n) is 2.72. The average molecular weight is 162 g/mol. The largest absolute Gasteiger partial charge is 0.0988 e. The van der Waals surface area contributed by atoms with E-state index in [1.807, 2.05) is 13.0 Å². The molecule has 0 saturated carbocycles. The lowest BCUT2D eigenvalue weighted by Gasteiger charge is -1.96. The van der Waals surface area contributed by atoms with Crippen LogP contribution in [0.1, 0.15) is 27.2 Å². The van der Waals surface area contributed by atoms with Gasteiger partial charge in [-0.1, -0.05) is 42.5 Å². The van der Waals surface area contributed by atoms with E-state index in [0.29, 0.717) is 0 Å². The van der Waals surface area contributed by atoms with Crippen molar-refractivity contribution < 1.29 is 0 Å². The Hall–Kier alpha value is -1.04. The highest BCUT2D eigenvalue weighted by atomic mass is 13.9. The molecule has 0 atom stereocenters. The maximum Gasteiger partial charge on any atom is -0.00951 e. The maximum atomic E-state index is 3.70. The highest BCUT2D eigenvalue weighted by Gasteiger charge is 1.86. The summed E-state index contributed by atoms with van der Waals surface area (Å²) in [5, 5.41) is 0. The van der Waals surface area contributed by atoms with E-state index in [1.54, 1.807) is 0 Å². The topological polar surface area (TPSA) is 0 Å². The molecule has 0 rings (SSSR count). The van der Waals surface area contributed by atoms with E-state index in [9.17, 15) is 0 Å². The second-order valence-corrected chi connectivity index (χ2v) is 2.72. The summed E-state index contributed by atoms with van der Waals surface area (Å²) < 4.78 is 0. The van der Waals surface area contributed by atoms with Gasteiger partial charge in [0.05, 0.1) is 0 Å². The van der Waals surface area contributed by atoms with Gasteiger partial charge in [0.25, 0.3) is 0 Å². The molecule has 0 heterocycles. The number of rotatable bonds is 4. The van der Waals surface area contributed by atoms with Crippen LogP contribution in [0.25, 0.3) is 0 Å². The zero-order chi connectivity index (χ0) is 9.40. The molecule has 0 radical (unpaired) electrons. The van der Waals surface area contributed by atoms with Gasteiger partial charge in [0.1, 0.15) is 0 Å². The molecule has 0 unspecified atom stereocenters. The Labute approximate surface area is 76.0 Å². The van der Waals surface area contributed by atoms with Crippen LogP contribution in [0.4, 0.5) is 0 Å². The van der Waals surface area contributed by atoms with Crippen molar-refractivity contribution in [2.45, 2.75) is 27.2 Å². The van der Waals surface area contributed by atoms with Crippen molar-refractivity contribution in [3.05, 3.63) is 48.1 Å². The number of hydrogen-bond donors (Lipinski definition) is 0. The van der Waals surface area contributed by atoms with E-state index >= 15 is 0 Å². The van der Waals surface area contributed by atoms with Gasteiger partial charge in [0.2, 0.25) is 0 Å². The van der Waals surface area contributed by atoms with Crippen molar-refractivity contribution in [1.82, 2.24) is 0 Å². The Balaban J connectivity index is 4.15. The summed E-state index contributed by atoms with van der Waals surface area (Å²) in [6.45, 7) is 9.87. The van der Waals surface area contributed by atoms with E-state index in [1.165, 1.54) is 11.1 Å². The Morgan fingerprint density at radius 3 is 2.42 bits per heavy atom. The molecule has 66 valence electrons. The maximum absolute atomic E-state index is 3.70. The van der Waals surface area contributed by atoms with Crippen molar-refractivity contribution >= 4 is 0 Å². The van der Waals surface area contributed by atoms with Crippen LogP contribution >= 0.6 is 0 Å². The first-order valence-corrected chi connectivity index (χ1v) is 4.31. The third kappa shape index (κ3) is 4.73. The predicted octanol–water partition coefficient (Wildman–Crippen LogP) is 4.03. The molecule has 0 aliphatic heterocycles. The SMILES string of the molecule is C=C/C(C)=C/CC(/C=C\C)=C/C. The van der Waals surface area contributed by atoms with Gasteiger partial charge in [-0.05, 0) is 32.8 Å². The van der Waals surface area contributed by atoms with Crippen LogP contribution in [0.2, 0.25) is 0 Å². The first kappa shape index (κ1) is 11.0. The van der Waals surface area contributed by atoms with E-state index in [4.69, 9.17) is 0 Å². The molecule has 0 spiro atoms. The van der Waals surface area contributed by atoms with Gasteiger partial charge in [-0.25, -0.2) is 0 Å². The lowest BCUT2D eigenvalue weighted by atomic mass is 10.1. The molecule has 0 N–H and O–H groups in total. The average Bonchev–Trinajstić information content (AvgIpc) is 2.11. The molecule has 0 fully saturated rings. The van der Waals surface area contributed by atoms with Crippen molar-refractivity contribution in [1.29, 1.82) is 0 Å². The summed E-state index contributed by atoms with van der Waals surface area (Å²) in [6, 6.07) is 0. The molecule has 0 saturated heterocycles. The van der Waals surface area contributed by atoms with Gasteiger partial charge in [0.15, 0.2) is 0 Å². The fourth-order valence-electron chi connectivity index (χ4n) is 0.858. The molecule has 0 bridgehead atoms. The summed E-state index contributed by atoms with van der Waals surface area (Å²) in [5.41, 5.74) is 2.58.